The summed E-state index contributed by atoms with van der Waals surface area (Å²) in [4.78, 5) is 24.2. The highest BCUT2D eigenvalue weighted by Crippen LogP contribution is 2.15. The summed E-state index contributed by atoms with van der Waals surface area (Å²) in [6, 6.07) is 0. The van der Waals surface area contributed by atoms with Gasteiger partial charge in [0.25, 0.3) is 0 Å². The van der Waals surface area contributed by atoms with Crippen molar-refractivity contribution >= 4 is 11.9 Å². The zero-order valence-corrected chi connectivity index (χ0v) is 30.7. The second kappa shape index (κ2) is 35.6. The molecule has 6 nitrogen and oxygen atoms in total. The molecule has 0 aromatic carbocycles. The fourth-order valence-corrected chi connectivity index (χ4v) is 4.87. The molecule has 0 fully saturated rings. The average Bonchev–Trinajstić information content (AvgIpc) is 3.08. The zero-order valence-electron chi connectivity index (χ0n) is 30.7. The molecule has 0 aliphatic rings. The Labute approximate surface area is 294 Å². The standard InChI is InChI=1S/C42H70O6/c1-4-6-26-32-39(44)33-28-23-19-15-10-8-7-9-11-17-21-25-30-35-42(46)48-40(36-43)37-47-41(45)34-29-24-20-16-13-12-14-18-22-27-31-38(3)5-2/h6,8-11,19,21,23,25-26,28,33,38-40,43-44H,4-5,7,12-18,20,22,24,27,29-32,34-37H2,1-3H3/b10-8-,11-9-,23-19+,25-21-,26-6-,33-28+/t38?,39?,40-/m0/s1. The first-order chi connectivity index (χ1) is 23.4. The van der Waals surface area contributed by atoms with E-state index in [-0.39, 0.29) is 25.6 Å². The van der Waals surface area contributed by atoms with E-state index < -0.39 is 18.2 Å². The third-order valence-corrected chi connectivity index (χ3v) is 8.15. The van der Waals surface area contributed by atoms with Crippen LogP contribution < -0.4 is 0 Å². The van der Waals surface area contributed by atoms with Gasteiger partial charge in [0.2, 0.25) is 0 Å². The summed E-state index contributed by atoms with van der Waals surface area (Å²) in [6.07, 6.45) is 42.9. The van der Waals surface area contributed by atoms with E-state index in [1.165, 1.54) is 57.8 Å². The van der Waals surface area contributed by atoms with Crippen LogP contribution in [0.25, 0.3) is 0 Å². The van der Waals surface area contributed by atoms with Crippen molar-refractivity contribution in [2.24, 2.45) is 5.92 Å². The van der Waals surface area contributed by atoms with Crippen LogP contribution in [-0.4, -0.2) is 47.6 Å². The largest absolute Gasteiger partial charge is 0.462 e. The minimum absolute atomic E-state index is 0.109. The number of carbonyl (C=O) groups is 2. The molecule has 0 aliphatic heterocycles. The summed E-state index contributed by atoms with van der Waals surface area (Å²) in [6.45, 7) is 6.21. The van der Waals surface area contributed by atoms with Crippen molar-refractivity contribution in [3.8, 4) is 0 Å². The summed E-state index contributed by atoms with van der Waals surface area (Å²) in [7, 11) is 0. The van der Waals surface area contributed by atoms with Gasteiger partial charge in [-0.05, 0) is 50.9 Å². The lowest BCUT2D eigenvalue weighted by Gasteiger charge is -2.15. The summed E-state index contributed by atoms with van der Waals surface area (Å²) >= 11 is 0. The van der Waals surface area contributed by atoms with Crippen LogP contribution in [0.15, 0.2) is 72.9 Å². The number of hydrogen-bond donors (Lipinski definition) is 2. The first-order valence-electron chi connectivity index (χ1n) is 19.0. The summed E-state index contributed by atoms with van der Waals surface area (Å²) in [5.41, 5.74) is 0. The van der Waals surface area contributed by atoms with Gasteiger partial charge in [-0.1, -0.05) is 164 Å². The van der Waals surface area contributed by atoms with Crippen molar-refractivity contribution in [1.29, 1.82) is 0 Å². The number of rotatable bonds is 32. The highest BCUT2D eigenvalue weighted by Gasteiger charge is 2.15. The Kier molecular flexibility index (Phi) is 33.6. The van der Waals surface area contributed by atoms with Gasteiger partial charge in [0.1, 0.15) is 6.61 Å². The summed E-state index contributed by atoms with van der Waals surface area (Å²) in [5, 5.41) is 19.3. The number of carbonyl (C=O) groups excluding carboxylic acids is 2. The molecule has 0 amide bonds. The van der Waals surface area contributed by atoms with Gasteiger partial charge >= 0.3 is 11.9 Å². The molecule has 0 spiro atoms. The summed E-state index contributed by atoms with van der Waals surface area (Å²) in [5.74, 6) is 0.153. The lowest BCUT2D eigenvalue weighted by molar-refractivity contribution is -0.161. The number of esters is 2. The van der Waals surface area contributed by atoms with Crippen molar-refractivity contribution in [1.82, 2.24) is 0 Å². The van der Waals surface area contributed by atoms with E-state index in [9.17, 15) is 19.8 Å². The minimum Gasteiger partial charge on any atom is -0.462 e. The van der Waals surface area contributed by atoms with Crippen LogP contribution >= 0.6 is 0 Å². The normalized spacial score (nSPS) is 14.4. The third kappa shape index (κ3) is 33.2. The van der Waals surface area contributed by atoms with Crippen molar-refractivity contribution in [3.05, 3.63) is 72.9 Å². The Hall–Kier alpha value is -2.70. The number of ether oxygens (including phenoxy) is 2. The van der Waals surface area contributed by atoms with E-state index >= 15 is 0 Å². The van der Waals surface area contributed by atoms with Crippen LogP contribution in [0.3, 0.4) is 0 Å². The third-order valence-electron chi connectivity index (χ3n) is 8.15. The fraction of sp³-hybridized carbons (Fsp3) is 0.667. The quantitative estimate of drug-likeness (QED) is 0.0320. The molecule has 0 aromatic rings. The second-order valence-electron chi connectivity index (χ2n) is 12.7. The molecule has 0 aliphatic carbocycles. The molecule has 0 radical (unpaired) electrons. The molecular formula is C42H70O6. The van der Waals surface area contributed by atoms with Crippen molar-refractivity contribution < 1.29 is 29.3 Å². The monoisotopic (exact) mass is 671 g/mol. The predicted octanol–water partition coefficient (Wildman–Crippen LogP) is 10.6. The first-order valence-corrected chi connectivity index (χ1v) is 19.0. The molecule has 0 rings (SSSR count). The van der Waals surface area contributed by atoms with Crippen LogP contribution in [0.5, 0.6) is 0 Å². The van der Waals surface area contributed by atoms with Gasteiger partial charge in [-0.3, -0.25) is 9.59 Å². The number of aliphatic hydroxyl groups is 2. The molecule has 6 heteroatoms. The van der Waals surface area contributed by atoms with E-state index in [0.717, 1.165) is 50.9 Å². The molecule has 48 heavy (non-hydrogen) atoms. The fourth-order valence-electron chi connectivity index (χ4n) is 4.87. The highest BCUT2D eigenvalue weighted by molar-refractivity contribution is 5.70. The van der Waals surface area contributed by atoms with Gasteiger partial charge in [0.05, 0.1) is 12.7 Å². The Bertz CT molecular complexity index is 928. The number of unbranched alkanes of at least 4 members (excludes halogenated alkanes) is 9. The molecule has 0 saturated heterocycles. The van der Waals surface area contributed by atoms with Gasteiger partial charge in [0.15, 0.2) is 6.10 Å². The molecule has 0 bridgehead atoms. The smallest absolute Gasteiger partial charge is 0.306 e. The Balaban J connectivity index is 3.78. The summed E-state index contributed by atoms with van der Waals surface area (Å²) < 4.78 is 10.5. The molecule has 2 unspecified atom stereocenters. The molecule has 0 saturated carbocycles. The Morgan fingerprint density at radius 3 is 1.85 bits per heavy atom. The van der Waals surface area contributed by atoms with Gasteiger partial charge in [-0.2, -0.15) is 0 Å². The van der Waals surface area contributed by atoms with Crippen LogP contribution in [0.1, 0.15) is 149 Å². The Morgan fingerprint density at radius 2 is 1.25 bits per heavy atom. The molecular weight excluding hydrogens is 600 g/mol. The minimum atomic E-state index is -0.825. The van der Waals surface area contributed by atoms with Gasteiger partial charge in [-0.25, -0.2) is 0 Å². The van der Waals surface area contributed by atoms with Gasteiger partial charge < -0.3 is 19.7 Å². The van der Waals surface area contributed by atoms with Crippen LogP contribution in [0.4, 0.5) is 0 Å². The molecule has 0 heterocycles. The average molecular weight is 671 g/mol. The predicted molar refractivity (Wildman–Crippen MR) is 202 cm³/mol. The Morgan fingerprint density at radius 1 is 0.667 bits per heavy atom. The lowest BCUT2D eigenvalue weighted by atomic mass is 9.99. The van der Waals surface area contributed by atoms with Crippen LogP contribution in [-0.2, 0) is 19.1 Å². The molecule has 2 N–H and O–H groups in total. The van der Waals surface area contributed by atoms with E-state index in [1.54, 1.807) is 6.08 Å². The SMILES string of the molecule is CC/C=C\CC(O)/C=C/C=C/C/C=C\C/C=C\C/C=C\CCC(=O)O[C@@H](CO)COC(=O)CCCCCCCCCCCCC(C)CC. The molecule has 3 atom stereocenters. The maximum absolute atomic E-state index is 12.1. The molecule has 274 valence electrons. The number of hydrogen-bond acceptors (Lipinski definition) is 6. The molecule has 0 aromatic heterocycles. The maximum atomic E-state index is 12.1. The van der Waals surface area contributed by atoms with Crippen LogP contribution in [0, 0.1) is 5.92 Å². The van der Waals surface area contributed by atoms with Crippen LogP contribution in [0.2, 0.25) is 0 Å². The van der Waals surface area contributed by atoms with Crippen molar-refractivity contribution in [2.45, 2.75) is 161 Å². The highest BCUT2D eigenvalue weighted by atomic mass is 16.6. The van der Waals surface area contributed by atoms with E-state index in [2.05, 4.69) is 57.2 Å². The second-order valence-corrected chi connectivity index (χ2v) is 12.7. The number of aliphatic hydroxyl groups excluding tert-OH is 2. The van der Waals surface area contributed by atoms with Gasteiger partial charge in [-0.15, -0.1) is 0 Å². The van der Waals surface area contributed by atoms with E-state index in [4.69, 9.17) is 9.47 Å². The maximum Gasteiger partial charge on any atom is 0.306 e. The first kappa shape index (κ1) is 45.3. The van der Waals surface area contributed by atoms with E-state index in [0.29, 0.717) is 19.3 Å². The van der Waals surface area contributed by atoms with E-state index in [1.807, 2.05) is 30.4 Å². The number of allylic oxidation sites excluding steroid dienone is 10. The van der Waals surface area contributed by atoms with Crippen molar-refractivity contribution in [3.63, 3.8) is 0 Å². The lowest BCUT2D eigenvalue weighted by Crippen LogP contribution is -2.28. The topological polar surface area (TPSA) is 93.1 Å². The van der Waals surface area contributed by atoms with Crippen molar-refractivity contribution in [2.75, 3.05) is 13.2 Å². The zero-order chi connectivity index (χ0) is 35.3. The van der Waals surface area contributed by atoms with Gasteiger partial charge in [0, 0.05) is 12.8 Å².